The van der Waals surface area contributed by atoms with E-state index in [-0.39, 0.29) is 31.0 Å². The molecule has 1 aromatic rings. The normalized spacial score (nSPS) is 22.8. The lowest BCUT2D eigenvalue weighted by Crippen LogP contribution is -2.37. The van der Waals surface area contributed by atoms with Crippen molar-refractivity contribution in [1.29, 1.82) is 0 Å². The van der Waals surface area contributed by atoms with Crippen LogP contribution in [0, 0.1) is 0 Å². The van der Waals surface area contributed by atoms with Gasteiger partial charge in [0.05, 0.1) is 11.9 Å². The summed E-state index contributed by atoms with van der Waals surface area (Å²) in [7, 11) is -0.947. The lowest BCUT2D eigenvalue weighted by atomic mass is 10.2. The largest absolute Gasteiger partial charge is 0.299 e. The number of likely N-dealkylation sites (tertiary alicyclic amines) is 1. The minimum Gasteiger partial charge on any atom is -0.299 e. The second-order valence-electron chi connectivity index (χ2n) is 5.52. The fourth-order valence-corrected chi connectivity index (χ4v) is 3.05. The van der Waals surface area contributed by atoms with Gasteiger partial charge in [0.15, 0.2) is 0 Å². The molecule has 1 fully saturated rings. The van der Waals surface area contributed by atoms with Crippen LogP contribution in [0.15, 0.2) is 12.4 Å². The molecule has 122 valence electrons. The summed E-state index contributed by atoms with van der Waals surface area (Å²) in [4.78, 5) is 1.86. The van der Waals surface area contributed by atoms with Crippen LogP contribution in [0.25, 0.3) is 0 Å². The monoisotopic (exact) mass is 340 g/mol. The van der Waals surface area contributed by atoms with E-state index in [0.29, 0.717) is 18.7 Å². The first-order valence-electron chi connectivity index (χ1n) is 6.68. The maximum Gasteiger partial charge on any atom is 0.225 e. The Morgan fingerprint density at radius 3 is 2.62 bits per heavy atom. The Bertz CT molecular complexity index is 529. The van der Waals surface area contributed by atoms with Gasteiger partial charge in [-0.15, -0.1) is 12.4 Å². The molecular weight excluding hydrogens is 319 g/mol. The average Bonchev–Trinajstić information content (AvgIpc) is 2.93. The lowest BCUT2D eigenvalue weighted by Gasteiger charge is -2.24. The second kappa shape index (κ2) is 7.42. The maximum absolute atomic E-state index is 13.4. The molecular formula is C12H22ClFN4O2S. The molecule has 9 heteroatoms. The molecule has 0 aliphatic carbocycles. The molecule has 21 heavy (non-hydrogen) atoms. The van der Waals surface area contributed by atoms with Crippen molar-refractivity contribution >= 4 is 29.0 Å². The van der Waals surface area contributed by atoms with Gasteiger partial charge in [0, 0.05) is 31.4 Å². The highest BCUT2D eigenvalue weighted by molar-refractivity contribution is 7.74. The van der Waals surface area contributed by atoms with Crippen molar-refractivity contribution in [2.24, 2.45) is 0 Å². The molecule has 0 unspecified atom stereocenters. The number of likely N-dealkylation sites (N-methyl/N-ethyl adjacent to an activating group) is 1. The van der Waals surface area contributed by atoms with Gasteiger partial charge in [-0.3, -0.25) is 13.9 Å². The number of halogens is 2. The number of hydrogen-bond acceptors (Lipinski definition) is 4. The molecule has 0 spiro atoms. The quantitative estimate of drug-likeness (QED) is 0.820. The molecule has 2 heterocycles. The van der Waals surface area contributed by atoms with Gasteiger partial charge in [-0.1, -0.05) is 0 Å². The number of thiol groups is 1. The first kappa shape index (κ1) is 18.2. The van der Waals surface area contributed by atoms with Crippen molar-refractivity contribution in [1.82, 2.24) is 14.7 Å². The number of hydrogen-bond donors (Lipinski definition) is 1. The summed E-state index contributed by atoms with van der Waals surface area (Å²) in [6.07, 6.45) is 2.73. The summed E-state index contributed by atoms with van der Waals surface area (Å²) in [6.45, 7) is 4.56. The van der Waals surface area contributed by atoms with Gasteiger partial charge in [-0.05, 0) is 27.3 Å². The van der Waals surface area contributed by atoms with Crippen molar-refractivity contribution in [3.8, 4) is 0 Å². The van der Waals surface area contributed by atoms with E-state index >= 15 is 0 Å². The lowest BCUT2D eigenvalue weighted by molar-refractivity contribution is 0.298. The van der Waals surface area contributed by atoms with E-state index in [4.69, 9.17) is 0 Å². The molecule has 0 N–H and O–H groups in total. The summed E-state index contributed by atoms with van der Waals surface area (Å²) in [5.74, 6) is 0. The van der Waals surface area contributed by atoms with E-state index in [1.165, 1.54) is 10.5 Å². The molecule has 1 aliphatic rings. The first-order valence-corrected chi connectivity index (χ1v) is 7.81. The van der Waals surface area contributed by atoms with Crippen LogP contribution in [-0.2, 0) is 10.9 Å². The molecule has 0 amide bonds. The molecule has 2 rings (SSSR count). The van der Waals surface area contributed by atoms with Gasteiger partial charge in [0.2, 0.25) is 10.9 Å². The van der Waals surface area contributed by atoms with Gasteiger partial charge in [0.1, 0.15) is 6.17 Å². The Kier molecular flexibility index (Phi) is 6.42. The predicted octanol–water partition coefficient (Wildman–Crippen LogP) is 1.26. The van der Waals surface area contributed by atoms with Crippen LogP contribution >= 0.6 is 12.4 Å². The van der Waals surface area contributed by atoms with Crippen LogP contribution < -0.4 is 4.31 Å². The van der Waals surface area contributed by atoms with Gasteiger partial charge < -0.3 is 0 Å². The third-order valence-electron chi connectivity index (χ3n) is 3.63. The molecule has 0 aromatic carbocycles. The Labute approximate surface area is 132 Å². The van der Waals surface area contributed by atoms with Gasteiger partial charge in [0.25, 0.3) is 0 Å². The first-order chi connectivity index (χ1) is 9.38. The maximum atomic E-state index is 13.4. The second-order valence-corrected chi connectivity index (χ2v) is 6.48. The van der Waals surface area contributed by atoms with Gasteiger partial charge in [-0.25, -0.2) is 12.8 Å². The minimum atomic E-state index is -2.76. The topological polar surface area (TPSA) is 58.4 Å². The third-order valence-corrected chi connectivity index (χ3v) is 4.42. The highest BCUT2D eigenvalue weighted by atomic mass is 35.5. The van der Waals surface area contributed by atoms with E-state index in [1.54, 1.807) is 10.9 Å². The number of anilines is 1. The van der Waals surface area contributed by atoms with Crippen LogP contribution in [0.5, 0.6) is 0 Å². The number of rotatable bonds is 5. The average molecular weight is 341 g/mol. The fraction of sp³-hybridized carbons (Fsp3) is 0.750. The van der Waals surface area contributed by atoms with Crippen LogP contribution in [0.1, 0.15) is 26.3 Å². The van der Waals surface area contributed by atoms with E-state index in [0.717, 1.165) is 0 Å². The molecule has 2 atom stereocenters. The molecule has 0 bridgehead atoms. The van der Waals surface area contributed by atoms with Crippen molar-refractivity contribution in [3.05, 3.63) is 12.4 Å². The van der Waals surface area contributed by atoms with E-state index in [2.05, 4.69) is 5.10 Å². The third kappa shape index (κ3) is 4.31. The zero-order valence-electron chi connectivity index (χ0n) is 12.3. The standard InChI is InChI=1S/C12H21FN4O2S.ClH/c1-9(2)16-7-12(5-14-16)17(20(18)19)8-11-4-10(13)6-15(11)3;/h5,7,9-11,20H,4,6,8H2,1-3H3;1H/t10-,11+;/m1./s1. The molecule has 1 aromatic heterocycles. The van der Waals surface area contributed by atoms with Gasteiger partial charge >= 0.3 is 0 Å². The van der Waals surface area contributed by atoms with Crippen LogP contribution in [0.4, 0.5) is 10.1 Å². The van der Waals surface area contributed by atoms with Crippen molar-refractivity contribution in [2.75, 3.05) is 24.4 Å². The molecule has 0 saturated carbocycles. The number of aromatic nitrogens is 2. The SMILES string of the molecule is CC(C)n1cc(N(C[C@@H]2C[C@@H](F)CN2C)[SH](=O)=O)cn1.Cl. The molecule has 1 aliphatic heterocycles. The van der Waals surface area contributed by atoms with Gasteiger partial charge in [-0.2, -0.15) is 5.10 Å². The van der Waals surface area contributed by atoms with Crippen molar-refractivity contribution < 1.29 is 12.8 Å². The predicted molar refractivity (Wildman–Crippen MR) is 83.5 cm³/mol. The fourth-order valence-electron chi connectivity index (χ4n) is 2.43. The summed E-state index contributed by atoms with van der Waals surface area (Å²) in [5, 5.41) is 4.15. The highest BCUT2D eigenvalue weighted by Crippen LogP contribution is 2.22. The van der Waals surface area contributed by atoms with E-state index in [1.807, 2.05) is 25.8 Å². The summed E-state index contributed by atoms with van der Waals surface area (Å²) in [6, 6.07) is 0.0693. The van der Waals surface area contributed by atoms with Crippen LogP contribution in [0.3, 0.4) is 0 Å². The van der Waals surface area contributed by atoms with Crippen LogP contribution in [0.2, 0.25) is 0 Å². The Balaban J connectivity index is 0.00000220. The summed E-state index contributed by atoms with van der Waals surface area (Å²) in [5.41, 5.74) is 0.533. The molecule has 0 radical (unpaired) electrons. The summed E-state index contributed by atoms with van der Waals surface area (Å²) >= 11 is 0. The Morgan fingerprint density at radius 1 is 1.52 bits per heavy atom. The Hall–Kier alpha value is -0.860. The summed E-state index contributed by atoms with van der Waals surface area (Å²) < 4.78 is 39.3. The zero-order chi connectivity index (χ0) is 14.9. The number of alkyl halides is 1. The van der Waals surface area contributed by atoms with E-state index in [9.17, 15) is 12.8 Å². The van der Waals surface area contributed by atoms with Crippen LogP contribution in [-0.4, -0.2) is 55.4 Å². The van der Waals surface area contributed by atoms with Crippen molar-refractivity contribution in [3.63, 3.8) is 0 Å². The number of nitrogens with zero attached hydrogens (tertiary/aromatic N) is 4. The van der Waals surface area contributed by atoms with E-state index < -0.39 is 17.1 Å². The zero-order valence-corrected chi connectivity index (χ0v) is 14.1. The van der Waals surface area contributed by atoms with Crippen molar-refractivity contribution in [2.45, 2.75) is 38.5 Å². The smallest absolute Gasteiger partial charge is 0.225 e. The molecule has 1 saturated heterocycles. The minimum absolute atomic E-state index is 0. The highest BCUT2D eigenvalue weighted by Gasteiger charge is 2.31. The Morgan fingerprint density at radius 2 is 2.19 bits per heavy atom. The molecule has 6 nitrogen and oxygen atoms in total.